The Morgan fingerprint density at radius 1 is 1.29 bits per heavy atom. The molecule has 0 aliphatic carbocycles. The first-order chi connectivity index (χ1) is 6.70. The third-order valence-corrected chi connectivity index (χ3v) is 4.77. The summed E-state index contributed by atoms with van der Waals surface area (Å²) in [6, 6.07) is 7.08. The molecular formula is C10H14NO2P. The van der Waals surface area contributed by atoms with Gasteiger partial charge in [-0.1, -0.05) is 33.9 Å². The third-order valence-electron chi connectivity index (χ3n) is 2.18. The Balaban J connectivity index is 3.11. The Morgan fingerprint density at radius 3 is 2.36 bits per heavy atom. The Labute approximate surface area is 85.0 Å². The standard InChI is InChI=1S/C10H14NO2P/c1-3-14(4-2)10-8-6-5-7-9(10)11(12)13/h5-8H,3-4H2,1-2H3. The monoisotopic (exact) mass is 211 g/mol. The van der Waals surface area contributed by atoms with Gasteiger partial charge < -0.3 is 0 Å². The highest BCUT2D eigenvalue weighted by atomic mass is 31.1. The van der Waals surface area contributed by atoms with Crippen LogP contribution in [0.4, 0.5) is 5.69 Å². The third kappa shape index (κ3) is 2.30. The minimum absolute atomic E-state index is 0.280. The Kier molecular flexibility index (Phi) is 4.02. The summed E-state index contributed by atoms with van der Waals surface area (Å²) >= 11 is 0. The van der Waals surface area contributed by atoms with Crippen molar-refractivity contribution >= 4 is 18.9 Å². The second-order valence-corrected chi connectivity index (χ2v) is 5.74. The van der Waals surface area contributed by atoms with Crippen molar-refractivity contribution in [1.29, 1.82) is 0 Å². The predicted molar refractivity (Wildman–Crippen MR) is 60.7 cm³/mol. The first kappa shape index (κ1) is 11.1. The Hall–Kier alpha value is -0.950. The van der Waals surface area contributed by atoms with E-state index in [1.165, 1.54) is 0 Å². The molecule has 1 rings (SSSR count). The topological polar surface area (TPSA) is 43.1 Å². The molecule has 0 heterocycles. The molecule has 0 aliphatic heterocycles. The van der Waals surface area contributed by atoms with Gasteiger partial charge >= 0.3 is 0 Å². The normalized spacial score (nSPS) is 10.5. The molecule has 0 saturated carbocycles. The van der Waals surface area contributed by atoms with E-state index in [2.05, 4.69) is 13.8 Å². The van der Waals surface area contributed by atoms with Gasteiger partial charge in [0.1, 0.15) is 0 Å². The van der Waals surface area contributed by atoms with E-state index in [-0.39, 0.29) is 18.5 Å². The van der Waals surface area contributed by atoms with Gasteiger partial charge in [0.2, 0.25) is 0 Å². The van der Waals surface area contributed by atoms with E-state index in [1.54, 1.807) is 12.1 Å². The largest absolute Gasteiger partial charge is 0.276 e. The van der Waals surface area contributed by atoms with Crippen molar-refractivity contribution in [2.75, 3.05) is 12.3 Å². The highest BCUT2D eigenvalue weighted by Crippen LogP contribution is 2.36. The molecule has 0 spiro atoms. The summed E-state index contributed by atoms with van der Waals surface area (Å²) in [6.45, 7) is 4.18. The van der Waals surface area contributed by atoms with Crippen LogP contribution in [0, 0.1) is 10.1 Å². The predicted octanol–water partition coefficient (Wildman–Crippen LogP) is 2.74. The summed E-state index contributed by atoms with van der Waals surface area (Å²) in [6.07, 6.45) is 2.02. The van der Waals surface area contributed by atoms with Gasteiger partial charge in [-0.25, -0.2) is 0 Å². The van der Waals surface area contributed by atoms with E-state index in [0.717, 1.165) is 17.6 Å². The van der Waals surface area contributed by atoms with Crippen LogP contribution in [0.15, 0.2) is 24.3 Å². The van der Waals surface area contributed by atoms with Crippen LogP contribution in [-0.2, 0) is 0 Å². The van der Waals surface area contributed by atoms with Crippen molar-refractivity contribution in [3.05, 3.63) is 34.4 Å². The van der Waals surface area contributed by atoms with Gasteiger partial charge in [-0.2, -0.15) is 0 Å². The molecule has 0 unspecified atom stereocenters. The molecular weight excluding hydrogens is 197 g/mol. The molecule has 0 aromatic heterocycles. The zero-order chi connectivity index (χ0) is 10.6. The van der Waals surface area contributed by atoms with Crippen molar-refractivity contribution in [1.82, 2.24) is 0 Å². The molecule has 1 aromatic rings. The fourth-order valence-corrected chi connectivity index (χ4v) is 3.36. The van der Waals surface area contributed by atoms with Crippen LogP contribution in [0.2, 0.25) is 0 Å². The van der Waals surface area contributed by atoms with Gasteiger partial charge in [0.25, 0.3) is 5.69 Å². The number of hydrogen-bond donors (Lipinski definition) is 0. The molecule has 0 radical (unpaired) electrons. The minimum atomic E-state index is -0.346. The van der Waals surface area contributed by atoms with Crippen LogP contribution >= 0.6 is 7.92 Å². The SMILES string of the molecule is CCP(CC)c1ccccc1[N+](=O)[O-]. The van der Waals surface area contributed by atoms with Crippen LogP contribution in [0.5, 0.6) is 0 Å². The van der Waals surface area contributed by atoms with Gasteiger partial charge in [-0.15, -0.1) is 0 Å². The maximum atomic E-state index is 10.8. The van der Waals surface area contributed by atoms with E-state index in [0.29, 0.717) is 0 Å². The average Bonchev–Trinajstić information content (AvgIpc) is 2.20. The molecule has 0 aliphatic rings. The van der Waals surface area contributed by atoms with Gasteiger partial charge in [-0.05, 0) is 18.4 Å². The highest BCUT2D eigenvalue weighted by molar-refractivity contribution is 7.65. The summed E-state index contributed by atoms with van der Waals surface area (Å²) < 4.78 is 0. The zero-order valence-corrected chi connectivity index (χ0v) is 9.33. The number of nitrogens with zero attached hydrogens (tertiary/aromatic N) is 1. The molecule has 3 nitrogen and oxygen atoms in total. The van der Waals surface area contributed by atoms with Crippen LogP contribution in [0.1, 0.15) is 13.8 Å². The summed E-state index contributed by atoms with van der Waals surface area (Å²) in [7, 11) is -0.346. The fourth-order valence-electron chi connectivity index (χ4n) is 1.45. The van der Waals surface area contributed by atoms with Crippen molar-refractivity contribution < 1.29 is 4.92 Å². The summed E-state index contributed by atoms with van der Waals surface area (Å²) in [5.74, 6) is 0. The molecule has 0 atom stereocenters. The lowest BCUT2D eigenvalue weighted by molar-refractivity contribution is -0.383. The summed E-state index contributed by atoms with van der Waals surface area (Å²) in [5.41, 5.74) is 0.280. The van der Waals surface area contributed by atoms with Crippen molar-refractivity contribution in [2.45, 2.75) is 13.8 Å². The molecule has 0 N–H and O–H groups in total. The van der Waals surface area contributed by atoms with E-state index in [1.807, 2.05) is 12.1 Å². The Bertz CT molecular complexity index is 324. The van der Waals surface area contributed by atoms with E-state index < -0.39 is 0 Å². The van der Waals surface area contributed by atoms with Crippen molar-refractivity contribution in [2.24, 2.45) is 0 Å². The molecule has 0 amide bonds. The number of nitro groups is 1. The number of para-hydroxylation sites is 1. The number of nitro benzene ring substituents is 1. The number of rotatable bonds is 4. The molecule has 0 fully saturated rings. The van der Waals surface area contributed by atoms with E-state index in [9.17, 15) is 10.1 Å². The lowest BCUT2D eigenvalue weighted by atomic mass is 10.3. The first-order valence-electron chi connectivity index (χ1n) is 4.69. The van der Waals surface area contributed by atoms with E-state index in [4.69, 9.17) is 0 Å². The quantitative estimate of drug-likeness (QED) is 0.436. The van der Waals surface area contributed by atoms with Crippen LogP contribution in [0.3, 0.4) is 0 Å². The maximum Gasteiger partial charge on any atom is 0.276 e. The average molecular weight is 211 g/mol. The van der Waals surface area contributed by atoms with Crippen LogP contribution in [0.25, 0.3) is 0 Å². The van der Waals surface area contributed by atoms with Gasteiger partial charge in [-0.3, -0.25) is 10.1 Å². The first-order valence-corrected chi connectivity index (χ1v) is 6.40. The lowest BCUT2D eigenvalue weighted by Gasteiger charge is -2.12. The molecule has 76 valence electrons. The molecule has 0 saturated heterocycles. The maximum absolute atomic E-state index is 10.8. The minimum Gasteiger partial charge on any atom is -0.258 e. The van der Waals surface area contributed by atoms with Gasteiger partial charge in [0.05, 0.1) is 10.2 Å². The fraction of sp³-hybridized carbons (Fsp3) is 0.400. The summed E-state index contributed by atoms with van der Waals surface area (Å²) in [4.78, 5) is 10.5. The summed E-state index contributed by atoms with van der Waals surface area (Å²) in [5, 5.41) is 11.7. The Morgan fingerprint density at radius 2 is 1.86 bits per heavy atom. The van der Waals surface area contributed by atoms with E-state index >= 15 is 0 Å². The molecule has 4 heteroatoms. The number of benzene rings is 1. The molecule has 0 bridgehead atoms. The van der Waals surface area contributed by atoms with Crippen molar-refractivity contribution in [3.63, 3.8) is 0 Å². The second-order valence-electron chi connectivity index (χ2n) is 2.92. The molecule has 14 heavy (non-hydrogen) atoms. The number of hydrogen-bond acceptors (Lipinski definition) is 2. The zero-order valence-electron chi connectivity index (χ0n) is 8.43. The van der Waals surface area contributed by atoms with Gasteiger partial charge in [0.15, 0.2) is 0 Å². The second kappa shape index (κ2) is 5.06. The lowest BCUT2D eigenvalue weighted by Crippen LogP contribution is -2.09. The smallest absolute Gasteiger partial charge is 0.258 e. The van der Waals surface area contributed by atoms with Crippen LogP contribution in [-0.4, -0.2) is 17.2 Å². The van der Waals surface area contributed by atoms with Gasteiger partial charge in [0, 0.05) is 6.07 Å². The van der Waals surface area contributed by atoms with Crippen molar-refractivity contribution in [3.8, 4) is 0 Å². The highest BCUT2D eigenvalue weighted by Gasteiger charge is 2.17. The molecule has 1 aromatic carbocycles. The van der Waals surface area contributed by atoms with Crippen LogP contribution < -0.4 is 5.30 Å².